The zero-order valence-corrected chi connectivity index (χ0v) is 10.4. The molecule has 0 spiro atoms. The van der Waals surface area contributed by atoms with Crippen LogP contribution in [0.1, 0.15) is 41.5 Å². The molecule has 0 aromatic carbocycles. The summed E-state index contributed by atoms with van der Waals surface area (Å²) in [7, 11) is 0. The van der Waals surface area contributed by atoms with Crippen LogP contribution in [0.4, 0.5) is 0 Å². The van der Waals surface area contributed by atoms with E-state index in [9.17, 15) is 0 Å². The van der Waals surface area contributed by atoms with Crippen LogP contribution >= 0.6 is 0 Å². The summed E-state index contributed by atoms with van der Waals surface area (Å²) in [5, 5.41) is 0. The molecule has 0 aliphatic rings. The highest BCUT2D eigenvalue weighted by Gasteiger charge is 2.18. The predicted octanol–water partition coefficient (Wildman–Crippen LogP) is 1.07. The fraction of sp³-hybridized carbons (Fsp3) is 0.750. The van der Waals surface area contributed by atoms with Gasteiger partial charge in [-0.05, 0) is 12.3 Å². The molecule has 2 nitrogen and oxygen atoms in total. The van der Waals surface area contributed by atoms with Crippen molar-refractivity contribution in [2.75, 3.05) is 0 Å². The minimum atomic E-state index is 0.110. The summed E-state index contributed by atoms with van der Waals surface area (Å²) < 4.78 is 0. The summed E-state index contributed by atoms with van der Waals surface area (Å²) in [6, 6.07) is 0.479. The molecule has 2 heteroatoms. The van der Waals surface area contributed by atoms with Crippen LogP contribution < -0.4 is 10.7 Å². The van der Waals surface area contributed by atoms with Crippen LogP contribution in [-0.4, -0.2) is 12.3 Å². The van der Waals surface area contributed by atoms with Crippen LogP contribution in [0.15, 0.2) is 11.8 Å². The van der Waals surface area contributed by atoms with Crippen LogP contribution in [-0.2, 0) is 0 Å². The monoisotopic (exact) mass is 197 g/mol. The van der Waals surface area contributed by atoms with Gasteiger partial charge in [0.25, 0.3) is 0 Å². The van der Waals surface area contributed by atoms with Crippen molar-refractivity contribution in [1.29, 1.82) is 0 Å². The Kier molecular flexibility index (Phi) is 4.89. The second-order valence-electron chi connectivity index (χ2n) is 5.22. The van der Waals surface area contributed by atoms with Gasteiger partial charge in [-0.1, -0.05) is 34.6 Å². The molecule has 0 saturated heterocycles. The molecule has 82 valence electrons. The Balaban J connectivity index is 4.50. The lowest BCUT2D eigenvalue weighted by atomic mass is 9.88. The fourth-order valence-corrected chi connectivity index (χ4v) is 0.928. The van der Waals surface area contributed by atoms with Gasteiger partial charge < -0.3 is 5.73 Å². The molecule has 0 radical (unpaired) electrons. The lowest BCUT2D eigenvalue weighted by Crippen LogP contribution is -2.77. The van der Waals surface area contributed by atoms with E-state index in [0.29, 0.717) is 12.0 Å². The Morgan fingerprint density at radius 1 is 1.21 bits per heavy atom. The van der Waals surface area contributed by atoms with Crippen molar-refractivity contribution in [1.82, 2.24) is 0 Å². The van der Waals surface area contributed by atoms with E-state index in [-0.39, 0.29) is 5.41 Å². The van der Waals surface area contributed by atoms with Crippen LogP contribution in [0.25, 0.3) is 0 Å². The molecule has 0 bridgehead atoms. The van der Waals surface area contributed by atoms with Crippen molar-refractivity contribution in [3.05, 3.63) is 11.8 Å². The zero-order valence-electron chi connectivity index (χ0n) is 10.4. The highest BCUT2D eigenvalue weighted by Crippen LogP contribution is 2.21. The first-order chi connectivity index (χ1) is 6.29. The average molecular weight is 197 g/mol. The van der Waals surface area contributed by atoms with Crippen molar-refractivity contribution in [2.45, 2.75) is 47.6 Å². The standard InChI is InChI=1S/C12H24N2/c1-9(2)10(3)14-8-11(7-13)12(4,5)6/h7-10H,13H2,1-6H3/p+1. The number of nitrogens with two attached hydrogens (primary N) is 1. The van der Waals surface area contributed by atoms with Crippen molar-refractivity contribution < 1.29 is 4.99 Å². The molecule has 1 unspecified atom stereocenters. The third-order valence-electron chi connectivity index (χ3n) is 2.55. The fourth-order valence-electron chi connectivity index (χ4n) is 0.928. The first-order valence-electron chi connectivity index (χ1n) is 5.30. The number of hydrogen-bond acceptors (Lipinski definition) is 1. The summed E-state index contributed by atoms with van der Waals surface area (Å²) >= 11 is 0. The van der Waals surface area contributed by atoms with Crippen molar-refractivity contribution >= 4 is 6.21 Å². The highest BCUT2D eigenvalue weighted by atomic mass is 14.8. The quantitative estimate of drug-likeness (QED) is 0.653. The number of allylic oxidation sites excluding steroid dienone is 1. The molecule has 14 heavy (non-hydrogen) atoms. The second-order valence-corrected chi connectivity index (χ2v) is 5.22. The van der Waals surface area contributed by atoms with E-state index < -0.39 is 0 Å². The van der Waals surface area contributed by atoms with E-state index in [2.05, 4.69) is 46.5 Å². The minimum Gasteiger partial charge on any atom is -0.404 e. The Morgan fingerprint density at radius 3 is 2.00 bits per heavy atom. The summed E-state index contributed by atoms with van der Waals surface area (Å²) in [4.78, 5) is 3.37. The molecule has 0 aromatic heterocycles. The molecule has 0 aromatic rings. The van der Waals surface area contributed by atoms with Gasteiger partial charge in [-0.25, -0.2) is 4.99 Å². The summed E-state index contributed by atoms with van der Waals surface area (Å²) in [6.45, 7) is 13.1. The first-order valence-corrected chi connectivity index (χ1v) is 5.30. The molecule has 0 fully saturated rings. The zero-order chi connectivity index (χ0) is 11.4. The Bertz CT molecular complexity index is 219. The maximum absolute atomic E-state index is 5.59. The third-order valence-corrected chi connectivity index (χ3v) is 2.55. The molecular formula is C12H25N2+. The predicted molar refractivity (Wildman–Crippen MR) is 63.1 cm³/mol. The van der Waals surface area contributed by atoms with E-state index in [1.54, 1.807) is 6.20 Å². The molecular weight excluding hydrogens is 172 g/mol. The van der Waals surface area contributed by atoms with Crippen molar-refractivity contribution in [3.8, 4) is 0 Å². The molecule has 0 saturated carbocycles. The van der Waals surface area contributed by atoms with Crippen LogP contribution in [0.3, 0.4) is 0 Å². The number of rotatable bonds is 3. The highest BCUT2D eigenvalue weighted by molar-refractivity contribution is 5.75. The van der Waals surface area contributed by atoms with Gasteiger partial charge in [0.05, 0.1) is 0 Å². The minimum absolute atomic E-state index is 0.110. The van der Waals surface area contributed by atoms with Gasteiger partial charge in [0.2, 0.25) is 0 Å². The van der Waals surface area contributed by atoms with Crippen molar-refractivity contribution in [3.63, 3.8) is 0 Å². The molecule has 0 aliphatic heterocycles. The van der Waals surface area contributed by atoms with Gasteiger partial charge >= 0.3 is 0 Å². The number of hydrogen-bond donors (Lipinski definition) is 2. The van der Waals surface area contributed by atoms with E-state index in [4.69, 9.17) is 5.73 Å². The maximum Gasteiger partial charge on any atom is 0.167 e. The largest absolute Gasteiger partial charge is 0.404 e. The van der Waals surface area contributed by atoms with Crippen LogP contribution in [0.2, 0.25) is 0 Å². The summed E-state index contributed by atoms with van der Waals surface area (Å²) in [5.41, 5.74) is 6.84. The molecule has 1 atom stereocenters. The SMILES string of the molecule is CC(C)C(C)[NH+]=CC(=CN)C(C)(C)C. The molecule has 0 amide bonds. The van der Waals surface area contributed by atoms with Crippen molar-refractivity contribution in [2.24, 2.45) is 17.1 Å². The molecule has 0 aliphatic carbocycles. The third kappa shape index (κ3) is 4.45. The van der Waals surface area contributed by atoms with Gasteiger partial charge in [0.15, 0.2) is 6.21 Å². The van der Waals surface area contributed by atoms with Gasteiger partial charge in [-0.15, -0.1) is 0 Å². The Morgan fingerprint density at radius 2 is 1.71 bits per heavy atom. The summed E-state index contributed by atoms with van der Waals surface area (Å²) in [5.74, 6) is 0.630. The van der Waals surface area contributed by atoms with E-state index >= 15 is 0 Å². The normalized spacial score (nSPS) is 16.6. The smallest absolute Gasteiger partial charge is 0.167 e. The van der Waals surface area contributed by atoms with Crippen LogP contribution in [0, 0.1) is 11.3 Å². The first kappa shape index (κ1) is 13.2. The molecule has 0 rings (SSSR count). The van der Waals surface area contributed by atoms with E-state index in [1.807, 2.05) is 6.21 Å². The summed E-state index contributed by atoms with van der Waals surface area (Å²) in [6.07, 6.45) is 3.71. The molecule has 3 N–H and O–H groups in total. The number of nitrogens with one attached hydrogen (secondary N) is 1. The van der Waals surface area contributed by atoms with Gasteiger partial charge in [-0.2, -0.15) is 0 Å². The van der Waals surface area contributed by atoms with E-state index in [0.717, 1.165) is 5.57 Å². The van der Waals surface area contributed by atoms with Gasteiger partial charge in [-0.3, -0.25) is 0 Å². The average Bonchev–Trinajstić information content (AvgIpc) is 2.02. The maximum atomic E-state index is 5.59. The lowest BCUT2D eigenvalue weighted by Gasteiger charge is -2.17. The lowest BCUT2D eigenvalue weighted by molar-refractivity contribution is -0.502. The topological polar surface area (TPSA) is 40.0 Å². The Labute approximate surface area is 88.3 Å². The molecule has 0 heterocycles. The Hall–Kier alpha value is -0.790. The van der Waals surface area contributed by atoms with E-state index in [1.165, 1.54) is 0 Å². The van der Waals surface area contributed by atoms with Crippen LogP contribution in [0.5, 0.6) is 0 Å². The van der Waals surface area contributed by atoms with Gasteiger partial charge in [0, 0.05) is 17.7 Å². The van der Waals surface area contributed by atoms with Gasteiger partial charge in [0.1, 0.15) is 6.04 Å². The second kappa shape index (κ2) is 5.18.